The number of thioether (sulfide) groups is 2. The number of carbonyl (C=O) groups excluding carboxylic acids is 1. The SMILES string of the molecule is O=C(NCC1CCCCC1)c1ccc(C2SCCS2)cc1. The van der Waals surface area contributed by atoms with Crippen LogP contribution in [0.3, 0.4) is 0 Å². The maximum Gasteiger partial charge on any atom is 0.251 e. The number of benzene rings is 1. The van der Waals surface area contributed by atoms with E-state index in [1.165, 1.54) is 49.2 Å². The number of carbonyl (C=O) groups is 1. The predicted octanol–water partition coefficient (Wildman–Crippen LogP) is 4.48. The first kappa shape index (κ1) is 15.3. The standard InChI is InChI=1S/C17H23NOS2/c19-16(18-12-13-4-2-1-3-5-13)14-6-8-15(9-7-14)17-20-10-11-21-17/h6-9,13,17H,1-5,10-12H2,(H,18,19). The number of amides is 1. The van der Waals surface area contributed by atoms with Crippen LogP contribution in [-0.4, -0.2) is 24.0 Å². The minimum atomic E-state index is 0.0823. The highest BCUT2D eigenvalue weighted by Crippen LogP contribution is 2.45. The van der Waals surface area contributed by atoms with Gasteiger partial charge in [-0.25, -0.2) is 0 Å². The van der Waals surface area contributed by atoms with Gasteiger partial charge in [-0.1, -0.05) is 31.4 Å². The molecule has 1 amide bonds. The third-order valence-corrected chi connectivity index (χ3v) is 7.45. The lowest BCUT2D eigenvalue weighted by Gasteiger charge is -2.21. The van der Waals surface area contributed by atoms with E-state index in [1.807, 2.05) is 35.7 Å². The Bertz CT molecular complexity index is 462. The van der Waals surface area contributed by atoms with Crippen LogP contribution in [0.5, 0.6) is 0 Å². The van der Waals surface area contributed by atoms with Gasteiger partial charge in [-0.3, -0.25) is 4.79 Å². The molecule has 0 bridgehead atoms. The zero-order valence-electron chi connectivity index (χ0n) is 12.3. The fraction of sp³-hybridized carbons (Fsp3) is 0.588. The molecule has 21 heavy (non-hydrogen) atoms. The first-order valence-corrected chi connectivity index (χ1v) is 10.0. The Morgan fingerprint density at radius 1 is 1.05 bits per heavy atom. The largest absolute Gasteiger partial charge is 0.352 e. The van der Waals surface area contributed by atoms with Crippen LogP contribution in [0.25, 0.3) is 0 Å². The lowest BCUT2D eigenvalue weighted by atomic mass is 9.89. The molecule has 1 N–H and O–H groups in total. The van der Waals surface area contributed by atoms with E-state index in [-0.39, 0.29) is 5.91 Å². The van der Waals surface area contributed by atoms with Gasteiger partial charge in [0.15, 0.2) is 0 Å². The minimum Gasteiger partial charge on any atom is -0.352 e. The summed E-state index contributed by atoms with van der Waals surface area (Å²) in [6, 6.07) is 8.19. The highest BCUT2D eigenvalue weighted by molar-refractivity contribution is 8.19. The van der Waals surface area contributed by atoms with Crippen LogP contribution in [0.1, 0.15) is 52.6 Å². The number of rotatable bonds is 4. The summed E-state index contributed by atoms with van der Waals surface area (Å²) in [5.74, 6) is 3.24. The zero-order chi connectivity index (χ0) is 14.5. The molecule has 1 saturated carbocycles. The van der Waals surface area contributed by atoms with Gasteiger partial charge in [-0.2, -0.15) is 0 Å². The van der Waals surface area contributed by atoms with Crippen LogP contribution >= 0.6 is 23.5 Å². The lowest BCUT2D eigenvalue weighted by Crippen LogP contribution is -2.30. The molecule has 1 heterocycles. The second-order valence-corrected chi connectivity index (χ2v) is 8.63. The molecular weight excluding hydrogens is 298 g/mol. The highest BCUT2D eigenvalue weighted by atomic mass is 32.2. The molecule has 0 atom stereocenters. The third kappa shape index (κ3) is 4.19. The van der Waals surface area contributed by atoms with Gasteiger partial charge in [-0.15, -0.1) is 23.5 Å². The Morgan fingerprint density at radius 3 is 2.38 bits per heavy atom. The Morgan fingerprint density at radius 2 is 1.71 bits per heavy atom. The monoisotopic (exact) mass is 321 g/mol. The van der Waals surface area contributed by atoms with Crippen molar-refractivity contribution in [1.29, 1.82) is 0 Å². The van der Waals surface area contributed by atoms with Crippen LogP contribution in [0.15, 0.2) is 24.3 Å². The number of nitrogens with one attached hydrogen (secondary N) is 1. The molecule has 0 radical (unpaired) electrons. The second-order valence-electron chi connectivity index (χ2n) is 5.91. The normalized spacial score (nSPS) is 20.6. The van der Waals surface area contributed by atoms with Crippen molar-refractivity contribution >= 4 is 29.4 Å². The fourth-order valence-electron chi connectivity index (χ4n) is 3.07. The molecule has 4 heteroatoms. The van der Waals surface area contributed by atoms with Crippen LogP contribution < -0.4 is 5.32 Å². The van der Waals surface area contributed by atoms with Crippen LogP contribution in [0.2, 0.25) is 0 Å². The van der Waals surface area contributed by atoms with Crippen molar-refractivity contribution in [2.45, 2.75) is 36.7 Å². The van der Waals surface area contributed by atoms with Crippen molar-refractivity contribution in [2.24, 2.45) is 5.92 Å². The minimum absolute atomic E-state index is 0.0823. The molecule has 1 aliphatic carbocycles. The maximum atomic E-state index is 12.2. The first-order chi connectivity index (χ1) is 10.3. The molecule has 1 aliphatic heterocycles. The van der Waals surface area contributed by atoms with Crippen molar-refractivity contribution in [3.8, 4) is 0 Å². The molecule has 1 aromatic rings. The summed E-state index contributed by atoms with van der Waals surface area (Å²) in [6.07, 6.45) is 6.56. The third-order valence-electron chi connectivity index (χ3n) is 4.34. The zero-order valence-corrected chi connectivity index (χ0v) is 14.0. The van der Waals surface area contributed by atoms with Gasteiger partial charge in [0.05, 0.1) is 4.58 Å². The Labute approximate surface area is 135 Å². The quantitative estimate of drug-likeness (QED) is 0.887. The van der Waals surface area contributed by atoms with Crippen molar-refractivity contribution < 1.29 is 4.79 Å². The molecule has 2 nitrogen and oxygen atoms in total. The van der Waals surface area contributed by atoms with E-state index in [4.69, 9.17) is 0 Å². The lowest BCUT2D eigenvalue weighted by molar-refractivity contribution is 0.0943. The topological polar surface area (TPSA) is 29.1 Å². The van der Waals surface area contributed by atoms with Crippen LogP contribution in [-0.2, 0) is 0 Å². The molecule has 1 saturated heterocycles. The molecule has 1 aromatic carbocycles. The summed E-state index contributed by atoms with van der Waals surface area (Å²) in [6.45, 7) is 0.842. The van der Waals surface area contributed by atoms with Gasteiger partial charge in [0.25, 0.3) is 5.91 Å². The van der Waals surface area contributed by atoms with Gasteiger partial charge >= 0.3 is 0 Å². The molecule has 2 aliphatic rings. The van der Waals surface area contributed by atoms with Crippen LogP contribution in [0, 0.1) is 5.92 Å². The number of hydrogen-bond acceptors (Lipinski definition) is 3. The van der Waals surface area contributed by atoms with Gasteiger partial charge < -0.3 is 5.32 Å². The summed E-state index contributed by atoms with van der Waals surface area (Å²) in [7, 11) is 0. The molecular formula is C17H23NOS2. The van der Waals surface area contributed by atoms with E-state index < -0.39 is 0 Å². The Balaban J connectivity index is 1.52. The Kier molecular flexibility index (Phi) is 5.53. The second kappa shape index (κ2) is 7.59. The summed E-state index contributed by atoms with van der Waals surface area (Å²) >= 11 is 4.00. The van der Waals surface area contributed by atoms with Gasteiger partial charge in [0.1, 0.15) is 0 Å². The highest BCUT2D eigenvalue weighted by Gasteiger charge is 2.19. The van der Waals surface area contributed by atoms with Gasteiger partial charge in [0.2, 0.25) is 0 Å². The van der Waals surface area contributed by atoms with E-state index in [0.717, 1.165) is 12.1 Å². The molecule has 0 spiro atoms. The molecule has 3 rings (SSSR count). The molecule has 2 fully saturated rings. The van der Waals surface area contributed by atoms with Gasteiger partial charge in [-0.05, 0) is 36.5 Å². The predicted molar refractivity (Wildman–Crippen MR) is 93.0 cm³/mol. The van der Waals surface area contributed by atoms with E-state index >= 15 is 0 Å². The number of hydrogen-bond donors (Lipinski definition) is 1. The van der Waals surface area contributed by atoms with Crippen molar-refractivity contribution in [1.82, 2.24) is 5.32 Å². The molecule has 0 unspecified atom stereocenters. The average molecular weight is 322 g/mol. The Hall–Kier alpha value is -0.610. The van der Waals surface area contributed by atoms with E-state index in [0.29, 0.717) is 10.5 Å². The molecule has 114 valence electrons. The van der Waals surface area contributed by atoms with E-state index in [1.54, 1.807) is 0 Å². The maximum absolute atomic E-state index is 12.2. The summed E-state index contributed by atoms with van der Waals surface area (Å²) in [5.41, 5.74) is 2.13. The average Bonchev–Trinajstić information content (AvgIpc) is 3.08. The van der Waals surface area contributed by atoms with Crippen molar-refractivity contribution in [3.63, 3.8) is 0 Å². The van der Waals surface area contributed by atoms with Crippen molar-refractivity contribution in [2.75, 3.05) is 18.1 Å². The summed E-state index contributed by atoms with van der Waals surface area (Å²) in [4.78, 5) is 12.2. The van der Waals surface area contributed by atoms with E-state index in [2.05, 4.69) is 17.4 Å². The van der Waals surface area contributed by atoms with E-state index in [9.17, 15) is 4.79 Å². The molecule has 0 aromatic heterocycles. The van der Waals surface area contributed by atoms with Crippen molar-refractivity contribution in [3.05, 3.63) is 35.4 Å². The summed E-state index contributed by atoms with van der Waals surface area (Å²) < 4.78 is 0.560. The first-order valence-electron chi connectivity index (χ1n) is 7.94. The summed E-state index contributed by atoms with van der Waals surface area (Å²) in [5, 5.41) is 3.11. The van der Waals surface area contributed by atoms with Crippen LogP contribution in [0.4, 0.5) is 0 Å². The van der Waals surface area contributed by atoms with Gasteiger partial charge in [0, 0.05) is 23.6 Å². The fourth-order valence-corrected chi connectivity index (χ4v) is 5.93. The smallest absolute Gasteiger partial charge is 0.251 e.